The van der Waals surface area contributed by atoms with Crippen LogP contribution in [-0.2, 0) is 6.54 Å². The molecule has 1 rings (SSSR count). The summed E-state index contributed by atoms with van der Waals surface area (Å²) < 4.78 is 1.65. The summed E-state index contributed by atoms with van der Waals surface area (Å²) in [6.45, 7) is 1.85. The lowest BCUT2D eigenvalue weighted by atomic mass is 10.3. The number of aryl methyl sites for hydroxylation is 1. The second-order valence-corrected chi connectivity index (χ2v) is 3.00. The molecule has 0 spiro atoms. The van der Waals surface area contributed by atoms with Gasteiger partial charge in [0.15, 0.2) is 0 Å². The first kappa shape index (κ1) is 9.95. The molecular weight excluding hydrogens is 168 g/mol. The van der Waals surface area contributed by atoms with Gasteiger partial charge < -0.3 is 14.8 Å². The molecule has 0 radical (unpaired) electrons. The van der Waals surface area contributed by atoms with Crippen LogP contribution in [0.25, 0.3) is 0 Å². The summed E-state index contributed by atoms with van der Waals surface area (Å²) in [5.74, 6) is 0. The van der Waals surface area contributed by atoms with Crippen LogP contribution in [0.4, 0.5) is 0 Å². The summed E-state index contributed by atoms with van der Waals surface area (Å²) in [7, 11) is 0. The monoisotopic (exact) mass is 182 g/mol. The van der Waals surface area contributed by atoms with Crippen LogP contribution in [0.3, 0.4) is 0 Å². The average molecular weight is 182 g/mol. The lowest BCUT2D eigenvalue weighted by Gasteiger charge is -2.13. The molecule has 4 nitrogen and oxygen atoms in total. The minimum atomic E-state index is -0.796. The van der Waals surface area contributed by atoms with E-state index in [4.69, 9.17) is 10.5 Å². The highest BCUT2D eigenvalue weighted by Crippen LogP contribution is 1.95. The first-order valence-corrected chi connectivity index (χ1v) is 4.15. The van der Waals surface area contributed by atoms with Crippen molar-refractivity contribution in [2.45, 2.75) is 19.6 Å². The van der Waals surface area contributed by atoms with Gasteiger partial charge in [0.1, 0.15) is 5.49 Å². The normalized spacial score (nSPS) is 12.8. The molecule has 0 aliphatic carbocycles. The number of rotatable bonds is 3. The zero-order chi connectivity index (χ0) is 9.84. The summed E-state index contributed by atoms with van der Waals surface area (Å²) in [6, 6.07) is 5.30. The van der Waals surface area contributed by atoms with Crippen LogP contribution in [0, 0.1) is 12.3 Å². The van der Waals surface area contributed by atoms with E-state index >= 15 is 0 Å². The summed E-state index contributed by atoms with van der Waals surface area (Å²) in [5.41, 5.74) is 1.24. The van der Waals surface area contributed by atoms with Gasteiger partial charge in [-0.3, -0.25) is 5.41 Å². The van der Waals surface area contributed by atoms with E-state index in [1.165, 1.54) is 0 Å². The van der Waals surface area contributed by atoms with Crippen LogP contribution in [0.15, 0.2) is 18.2 Å². The second kappa shape index (κ2) is 4.20. The number of aliphatic hydroxyl groups is 2. The first-order chi connectivity index (χ1) is 6.15. The Hall–Kier alpha value is -1.13. The molecule has 1 aromatic rings. The molecule has 1 heterocycles. The number of aromatic nitrogens is 1. The topological polar surface area (TPSA) is 69.2 Å². The Morgan fingerprint density at radius 2 is 2.23 bits per heavy atom. The molecule has 0 bridgehead atoms. The highest BCUT2D eigenvalue weighted by atomic mass is 16.3. The third kappa shape index (κ3) is 2.40. The lowest BCUT2D eigenvalue weighted by Crippen LogP contribution is -2.29. The van der Waals surface area contributed by atoms with Gasteiger partial charge in [0, 0.05) is 5.69 Å². The van der Waals surface area contributed by atoms with E-state index in [9.17, 15) is 5.11 Å². The SMILES string of the molecule is Cc1cccc(=N)n1CC(O)CO. The Balaban J connectivity index is 2.93. The standard InChI is InChI=1S/C9H14N2O2/c1-7-3-2-4-9(10)11(7)5-8(13)6-12/h2-4,8,10,12-13H,5-6H2,1H3. The minimum absolute atomic E-state index is 0.266. The molecular formula is C9H14N2O2. The van der Waals surface area contributed by atoms with Gasteiger partial charge in [0.2, 0.25) is 0 Å². The number of hydrogen-bond donors (Lipinski definition) is 3. The van der Waals surface area contributed by atoms with Crippen molar-refractivity contribution in [3.63, 3.8) is 0 Å². The zero-order valence-corrected chi connectivity index (χ0v) is 7.57. The molecule has 3 N–H and O–H groups in total. The summed E-state index contributed by atoms with van der Waals surface area (Å²) in [5, 5.41) is 25.4. The third-order valence-corrected chi connectivity index (χ3v) is 1.91. The van der Waals surface area contributed by atoms with Gasteiger partial charge in [-0.05, 0) is 19.1 Å². The third-order valence-electron chi connectivity index (χ3n) is 1.91. The first-order valence-electron chi connectivity index (χ1n) is 4.15. The lowest BCUT2D eigenvalue weighted by molar-refractivity contribution is 0.0796. The van der Waals surface area contributed by atoms with Crippen molar-refractivity contribution in [1.82, 2.24) is 4.57 Å². The fourth-order valence-electron chi connectivity index (χ4n) is 1.16. The highest BCUT2D eigenvalue weighted by molar-refractivity contribution is 5.03. The molecule has 1 atom stereocenters. The molecule has 0 aliphatic rings. The molecule has 0 saturated heterocycles. The van der Waals surface area contributed by atoms with E-state index in [0.717, 1.165) is 5.69 Å². The van der Waals surface area contributed by atoms with Gasteiger partial charge in [-0.25, -0.2) is 0 Å². The molecule has 0 aromatic carbocycles. The van der Waals surface area contributed by atoms with Crippen molar-refractivity contribution in [3.05, 3.63) is 29.4 Å². The van der Waals surface area contributed by atoms with E-state index in [0.29, 0.717) is 5.49 Å². The van der Waals surface area contributed by atoms with Crippen molar-refractivity contribution in [2.75, 3.05) is 6.61 Å². The van der Waals surface area contributed by atoms with E-state index in [1.54, 1.807) is 16.7 Å². The Morgan fingerprint density at radius 1 is 1.54 bits per heavy atom. The van der Waals surface area contributed by atoms with E-state index in [1.807, 2.05) is 13.0 Å². The van der Waals surface area contributed by atoms with Crippen molar-refractivity contribution in [1.29, 1.82) is 5.41 Å². The van der Waals surface area contributed by atoms with Crippen molar-refractivity contribution >= 4 is 0 Å². The largest absolute Gasteiger partial charge is 0.394 e. The maximum Gasteiger partial charge on any atom is 0.124 e. The van der Waals surface area contributed by atoms with Crippen molar-refractivity contribution in [2.24, 2.45) is 0 Å². The fraction of sp³-hybridized carbons (Fsp3) is 0.444. The predicted molar refractivity (Wildman–Crippen MR) is 48.1 cm³/mol. The van der Waals surface area contributed by atoms with E-state index in [-0.39, 0.29) is 13.2 Å². The van der Waals surface area contributed by atoms with Gasteiger partial charge in [-0.2, -0.15) is 0 Å². The van der Waals surface area contributed by atoms with Crippen LogP contribution in [-0.4, -0.2) is 27.5 Å². The molecule has 0 fully saturated rings. The zero-order valence-electron chi connectivity index (χ0n) is 7.57. The summed E-state index contributed by atoms with van der Waals surface area (Å²) >= 11 is 0. The Morgan fingerprint density at radius 3 is 2.77 bits per heavy atom. The molecule has 1 unspecified atom stereocenters. The molecule has 0 saturated carbocycles. The number of aliphatic hydroxyl groups excluding tert-OH is 2. The Bertz CT molecular complexity index is 333. The average Bonchev–Trinajstić information content (AvgIpc) is 2.11. The number of nitrogens with one attached hydrogen (secondary N) is 1. The summed E-state index contributed by atoms with van der Waals surface area (Å²) in [6.07, 6.45) is -0.796. The van der Waals surface area contributed by atoms with Gasteiger partial charge in [0.05, 0.1) is 19.3 Å². The maximum absolute atomic E-state index is 9.21. The van der Waals surface area contributed by atoms with Crippen LogP contribution in [0.1, 0.15) is 5.69 Å². The molecule has 72 valence electrons. The van der Waals surface area contributed by atoms with Crippen molar-refractivity contribution in [3.8, 4) is 0 Å². The van der Waals surface area contributed by atoms with Crippen LogP contribution in [0.2, 0.25) is 0 Å². The fourth-order valence-corrected chi connectivity index (χ4v) is 1.16. The molecule has 1 aromatic heterocycles. The van der Waals surface area contributed by atoms with E-state index < -0.39 is 6.10 Å². The Labute approximate surface area is 76.6 Å². The quantitative estimate of drug-likeness (QED) is 0.597. The van der Waals surface area contributed by atoms with Crippen LogP contribution >= 0.6 is 0 Å². The summed E-state index contributed by atoms with van der Waals surface area (Å²) in [4.78, 5) is 0. The van der Waals surface area contributed by atoms with Gasteiger partial charge in [0.25, 0.3) is 0 Å². The Kier molecular flexibility index (Phi) is 3.22. The molecule has 13 heavy (non-hydrogen) atoms. The molecule has 0 amide bonds. The number of pyridine rings is 1. The number of hydrogen-bond acceptors (Lipinski definition) is 3. The number of nitrogens with zero attached hydrogens (tertiary/aromatic N) is 1. The molecule has 4 heteroatoms. The predicted octanol–water partition coefficient (Wildman–Crippen LogP) is -0.371. The maximum atomic E-state index is 9.21. The van der Waals surface area contributed by atoms with Gasteiger partial charge >= 0.3 is 0 Å². The van der Waals surface area contributed by atoms with E-state index in [2.05, 4.69) is 0 Å². The van der Waals surface area contributed by atoms with Crippen molar-refractivity contribution < 1.29 is 10.2 Å². The smallest absolute Gasteiger partial charge is 0.124 e. The van der Waals surface area contributed by atoms with Gasteiger partial charge in [-0.1, -0.05) is 6.07 Å². The second-order valence-electron chi connectivity index (χ2n) is 3.00. The van der Waals surface area contributed by atoms with Gasteiger partial charge in [-0.15, -0.1) is 0 Å². The van der Waals surface area contributed by atoms with Crippen LogP contribution < -0.4 is 5.49 Å². The minimum Gasteiger partial charge on any atom is -0.394 e. The highest BCUT2D eigenvalue weighted by Gasteiger charge is 2.04. The van der Waals surface area contributed by atoms with Crippen LogP contribution in [0.5, 0.6) is 0 Å². The molecule has 0 aliphatic heterocycles.